The highest BCUT2D eigenvalue weighted by atomic mass is 16.5. The Morgan fingerprint density at radius 3 is 2.60 bits per heavy atom. The van der Waals surface area contributed by atoms with E-state index >= 15 is 0 Å². The molecular weight excluding hydrogens is 318 g/mol. The number of aryl methyl sites for hydroxylation is 1. The van der Waals surface area contributed by atoms with Gasteiger partial charge in [0.05, 0.1) is 5.60 Å². The van der Waals surface area contributed by atoms with Gasteiger partial charge in [0.2, 0.25) is 5.91 Å². The van der Waals surface area contributed by atoms with Gasteiger partial charge in [-0.15, -0.1) is 0 Å². The highest BCUT2D eigenvalue weighted by molar-refractivity contribution is 5.94. The van der Waals surface area contributed by atoms with Gasteiger partial charge in [-0.3, -0.25) is 9.69 Å². The standard InChI is InChI=1S/C19H25N3O3/c1-3-19(24)9-11-22(12-10-19)17(15-7-5-4-6-8-15)18(23)20-16-13-14(2)25-21-16/h4-8,13,17,24H,3,9-12H2,1-2H3,(H,20,21,23). The number of benzene rings is 1. The molecule has 1 saturated heterocycles. The topological polar surface area (TPSA) is 78.6 Å². The molecule has 0 bridgehead atoms. The molecule has 1 aromatic carbocycles. The number of likely N-dealkylation sites (tertiary alicyclic amines) is 1. The first-order chi connectivity index (χ1) is 12.0. The molecule has 6 nitrogen and oxygen atoms in total. The van der Waals surface area contributed by atoms with E-state index in [1.165, 1.54) is 0 Å². The van der Waals surface area contributed by atoms with Crippen molar-refractivity contribution in [3.63, 3.8) is 0 Å². The van der Waals surface area contributed by atoms with Gasteiger partial charge in [0, 0.05) is 19.2 Å². The predicted molar refractivity (Wildman–Crippen MR) is 95.1 cm³/mol. The number of aromatic nitrogens is 1. The zero-order valence-corrected chi connectivity index (χ0v) is 14.7. The van der Waals surface area contributed by atoms with E-state index in [0.717, 1.165) is 12.0 Å². The normalized spacial score (nSPS) is 18.7. The lowest BCUT2D eigenvalue weighted by molar-refractivity contribution is -0.123. The molecule has 25 heavy (non-hydrogen) atoms. The third-order valence-electron chi connectivity index (χ3n) is 4.99. The third kappa shape index (κ3) is 4.08. The molecule has 1 aliphatic rings. The molecule has 6 heteroatoms. The first kappa shape index (κ1) is 17.6. The van der Waals surface area contributed by atoms with E-state index in [4.69, 9.17) is 4.52 Å². The van der Waals surface area contributed by atoms with Crippen LogP contribution in [0.15, 0.2) is 40.9 Å². The molecule has 2 heterocycles. The average molecular weight is 343 g/mol. The summed E-state index contributed by atoms with van der Waals surface area (Å²) in [7, 11) is 0. The fourth-order valence-corrected chi connectivity index (χ4v) is 3.34. The molecule has 0 spiro atoms. The molecule has 3 rings (SSSR count). The van der Waals surface area contributed by atoms with E-state index < -0.39 is 11.6 Å². The van der Waals surface area contributed by atoms with Crippen LogP contribution in [-0.2, 0) is 4.79 Å². The molecule has 1 atom stereocenters. The van der Waals surface area contributed by atoms with Gasteiger partial charge in [0.15, 0.2) is 5.82 Å². The monoisotopic (exact) mass is 343 g/mol. The second kappa shape index (κ2) is 7.37. The quantitative estimate of drug-likeness (QED) is 0.873. The lowest BCUT2D eigenvalue weighted by Crippen LogP contribution is -2.48. The molecular formula is C19H25N3O3. The molecule has 134 valence electrons. The van der Waals surface area contributed by atoms with Crippen molar-refractivity contribution < 1.29 is 14.4 Å². The summed E-state index contributed by atoms with van der Waals surface area (Å²) in [5, 5.41) is 17.2. The number of anilines is 1. The second-order valence-corrected chi connectivity index (χ2v) is 6.74. The molecule has 0 radical (unpaired) electrons. The first-order valence-corrected chi connectivity index (χ1v) is 8.76. The lowest BCUT2D eigenvalue weighted by atomic mass is 9.87. The van der Waals surface area contributed by atoms with Crippen LogP contribution < -0.4 is 5.32 Å². The Morgan fingerprint density at radius 1 is 1.36 bits per heavy atom. The maximum atomic E-state index is 13.0. The highest BCUT2D eigenvalue weighted by Gasteiger charge is 2.36. The van der Waals surface area contributed by atoms with Crippen molar-refractivity contribution in [1.82, 2.24) is 10.1 Å². The Morgan fingerprint density at radius 2 is 2.04 bits per heavy atom. The summed E-state index contributed by atoms with van der Waals surface area (Å²) in [6, 6.07) is 11.0. The van der Waals surface area contributed by atoms with Crippen molar-refractivity contribution in [2.45, 2.75) is 44.8 Å². The summed E-state index contributed by atoms with van der Waals surface area (Å²) in [6.45, 7) is 5.14. The average Bonchev–Trinajstić information content (AvgIpc) is 3.03. The van der Waals surface area contributed by atoms with Gasteiger partial charge in [-0.2, -0.15) is 0 Å². The summed E-state index contributed by atoms with van der Waals surface area (Å²) in [5.41, 5.74) is 0.319. The Kier molecular flexibility index (Phi) is 5.20. The van der Waals surface area contributed by atoms with Crippen molar-refractivity contribution in [2.24, 2.45) is 0 Å². The number of hydrogen-bond acceptors (Lipinski definition) is 5. The van der Waals surface area contributed by atoms with E-state index in [9.17, 15) is 9.90 Å². The van der Waals surface area contributed by atoms with Gasteiger partial charge >= 0.3 is 0 Å². The van der Waals surface area contributed by atoms with Crippen LogP contribution >= 0.6 is 0 Å². The van der Waals surface area contributed by atoms with E-state index in [0.29, 0.717) is 37.5 Å². The third-order valence-corrected chi connectivity index (χ3v) is 4.99. The number of aliphatic hydroxyl groups is 1. The van der Waals surface area contributed by atoms with E-state index in [1.54, 1.807) is 13.0 Å². The fraction of sp³-hybridized carbons (Fsp3) is 0.474. The summed E-state index contributed by atoms with van der Waals surface area (Å²) in [6.07, 6.45) is 2.08. The molecule has 0 saturated carbocycles. The Balaban J connectivity index is 1.80. The van der Waals surface area contributed by atoms with Crippen LogP contribution in [0.5, 0.6) is 0 Å². The molecule has 0 aliphatic carbocycles. The van der Waals surface area contributed by atoms with Crippen molar-refractivity contribution in [1.29, 1.82) is 0 Å². The molecule has 1 aliphatic heterocycles. The van der Waals surface area contributed by atoms with E-state index in [2.05, 4.69) is 15.4 Å². The first-order valence-electron chi connectivity index (χ1n) is 8.76. The maximum absolute atomic E-state index is 13.0. The number of nitrogens with one attached hydrogen (secondary N) is 1. The van der Waals surface area contributed by atoms with Gasteiger partial charge in [-0.25, -0.2) is 0 Å². The Bertz CT molecular complexity index is 706. The van der Waals surface area contributed by atoms with Crippen LogP contribution in [0.25, 0.3) is 0 Å². The molecule has 1 unspecified atom stereocenters. The summed E-state index contributed by atoms with van der Waals surface area (Å²) in [4.78, 5) is 15.1. The van der Waals surface area contributed by atoms with Crippen molar-refractivity contribution in [3.05, 3.63) is 47.7 Å². The minimum absolute atomic E-state index is 0.138. The smallest absolute Gasteiger partial charge is 0.247 e. The van der Waals surface area contributed by atoms with Crippen molar-refractivity contribution >= 4 is 11.7 Å². The number of nitrogens with zero attached hydrogens (tertiary/aromatic N) is 2. The van der Waals surface area contributed by atoms with Crippen LogP contribution in [0.2, 0.25) is 0 Å². The van der Waals surface area contributed by atoms with Gasteiger partial charge in [-0.05, 0) is 31.7 Å². The number of carbonyl (C=O) groups excluding carboxylic acids is 1. The fourth-order valence-electron chi connectivity index (χ4n) is 3.34. The molecule has 1 aromatic heterocycles. The van der Waals surface area contributed by atoms with Gasteiger partial charge < -0.3 is 14.9 Å². The van der Waals surface area contributed by atoms with Crippen molar-refractivity contribution in [3.8, 4) is 0 Å². The molecule has 1 fully saturated rings. The van der Waals surface area contributed by atoms with Gasteiger partial charge in [0.1, 0.15) is 11.8 Å². The number of carbonyl (C=O) groups is 1. The van der Waals surface area contributed by atoms with E-state index in [-0.39, 0.29) is 5.91 Å². The number of amides is 1. The van der Waals surface area contributed by atoms with Gasteiger partial charge in [0.25, 0.3) is 0 Å². The van der Waals surface area contributed by atoms with Crippen LogP contribution in [0.4, 0.5) is 5.82 Å². The Labute approximate surface area is 147 Å². The lowest BCUT2D eigenvalue weighted by Gasteiger charge is -2.40. The van der Waals surface area contributed by atoms with Crippen LogP contribution in [0.1, 0.15) is 43.6 Å². The Hall–Kier alpha value is -2.18. The number of hydrogen-bond donors (Lipinski definition) is 2. The SMILES string of the molecule is CCC1(O)CCN(C(C(=O)Nc2cc(C)on2)c2ccccc2)CC1. The van der Waals surface area contributed by atoms with Crippen LogP contribution in [0, 0.1) is 6.92 Å². The summed E-state index contributed by atoms with van der Waals surface area (Å²) >= 11 is 0. The van der Waals surface area contributed by atoms with Crippen LogP contribution in [0.3, 0.4) is 0 Å². The second-order valence-electron chi connectivity index (χ2n) is 6.74. The number of piperidine rings is 1. The van der Waals surface area contributed by atoms with Crippen LogP contribution in [-0.4, -0.2) is 39.8 Å². The predicted octanol–water partition coefficient (Wildman–Crippen LogP) is 2.90. The highest BCUT2D eigenvalue weighted by Crippen LogP contribution is 2.31. The minimum Gasteiger partial charge on any atom is -0.390 e. The summed E-state index contributed by atoms with van der Waals surface area (Å²) in [5.74, 6) is 0.935. The molecule has 1 amide bonds. The molecule has 2 aromatic rings. The summed E-state index contributed by atoms with van der Waals surface area (Å²) < 4.78 is 5.03. The number of rotatable bonds is 5. The maximum Gasteiger partial charge on any atom is 0.247 e. The zero-order valence-electron chi connectivity index (χ0n) is 14.7. The van der Waals surface area contributed by atoms with E-state index in [1.807, 2.05) is 37.3 Å². The minimum atomic E-state index is -0.614. The molecule has 2 N–H and O–H groups in total. The largest absolute Gasteiger partial charge is 0.390 e. The van der Waals surface area contributed by atoms with Crippen molar-refractivity contribution in [2.75, 3.05) is 18.4 Å². The zero-order chi connectivity index (χ0) is 17.9. The van der Waals surface area contributed by atoms with Gasteiger partial charge in [-0.1, -0.05) is 42.4 Å².